The fraction of sp³-hybridized carbons (Fsp3) is 0.444. The lowest BCUT2D eigenvalue weighted by Crippen LogP contribution is -2.34. The van der Waals surface area contributed by atoms with Gasteiger partial charge in [0.2, 0.25) is 11.8 Å². The molecule has 1 heterocycles. The average molecular weight is 348 g/mol. The lowest BCUT2D eigenvalue weighted by atomic mass is 9.85. The van der Waals surface area contributed by atoms with Crippen molar-refractivity contribution in [1.82, 2.24) is 4.90 Å². The molecule has 1 spiro atoms. The topological polar surface area (TPSA) is 37.4 Å². The van der Waals surface area contributed by atoms with E-state index in [0.29, 0.717) is 10.0 Å². The molecular weight excluding hydrogens is 333 g/mol. The van der Waals surface area contributed by atoms with Crippen LogP contribution in [0.4, 0.5) is 0 Å². The first-order valence-corrected chi connectivity index (χ1v) is 8.76. The van der Waals surface area contributed by atoms with Gasteiger partial charge < -0.3 is 0 Å². The fourth-order valence-electron chi connectivity index (χ4n) is 5.12. The summed E-state index contributed by atoms with van der Waals surface area (Å²) in [5.74, 6) is 0.194. The largest absolute Gasteiger partial charge is 0.278 e. The molecule has 5 rings (SSSR count). The highest BCUT2D eigenvalue weighted by Gasteiger charge is 2.73. The Morgan fingerprint density at radius 2 is 1.65 bits per heavy atom. The molecule has 1 aromatic carbocycles. The first-order valence-electron chi connectivity index (χ1n) is 8.00. The number of amides is 2. The maximum Gasteiger partial charge on any atom is 0.234 e. The van der Waals surface area contributed by atoms with E-state index in [-0.39, 0.29) is 47.4 Å². The number of hydrogen-bond donors (Lipinski definition) is 0. The second-order valence-electron chi connectivity index (χ2n) is 7.22. The van der Waals surface area contributed by atoms with Gasteiger partial charge in [-0.2, -0.15) is 0 Å². The minimum atomic E-state index is -0.147. The van der Waals surface area contributed by atoms with Crippen molar-refractivity contribution in [2.45, 2.75) is 19.4 Å². The number of hydrogen-bond acceptors (Lipinski definition) is 2. The average Bonchev–Trinajstić information content (AvgIpc) is 3.12. The van der Waals surface area contributed by atoms with E-state index in [1.807, 2.05) is 0 Å². The van der Waals surface area contributed by atoms with Gasteiger partial charge in [0.1, 0.15) is 0 Å². The van der Waals surface area contributed by atoms with Crippen molar-refractivity contribution in [3.05, 3.63) is 46.0 Å². The third kappa shape index (κ3) is 1.67. The molecule has 2 saturated carbocycles. The number of rotatable bonds is 2. The second kappa shape index (κ2) is 4.40. The highest BCUT2D eigenvalue weighted by Crippen LogP contribution is 2.73. The van der Waals surface area contributed by atoms with Gasteiger partial charge in [0.15, 0.2) is 0 Å². The lowest BCUT2D eigenvalue weighted by molar-refractivity contribution is -0.141. The van der Waals surface area contributed by atoms with E-state index < -0.39 is 0 Å². The SMILES string of the molecule is O=C1[C@@H]2[C@H](C(=O)N1Cc1ccc(Cl)cc1Cl)[C@H]1C=C[C@H]2C12CC2. The van der Waals surface area contributed by atoms with E-state index >= 15 is 0 Å². The third-order valence-corrected chi connectivity index (χ3v) is 6.87. The van der Waals surface area contributed by atoms with E-state index in [4.69, 9.17) is 23.2 Å². The van der Waals surface area contributed by atoms with Crippen molar-refractivity contribution in [2.75, 3.05) is 0 Å². The van der Waals surface area contributed by atoms with Crippen molar-refractivity contribution < 1.29 is 9.59 Å². The Hall–Kier alpha value is -1.32. The standard InChI is InChI=1S/C18H15Cl2NO2/c19-10-2-1-9(13(20)7-10)8-21-16(22)14-11-3-4-12(15(14)17(21)23)18(11)5-6-18/h1-4,7,11-12,14-15H,5-6,8H2/t11-,12-,14-,15+/m1/s1. The molecule has 1 aromatic rings. The Bertz CT molecular complexity index is 749. The number of likely N-dealkylation sites (tertiary alicyclic amines) is 1. The molecule has 118 valence electrons. The lowest BCUT2D eigenvalue weighted by Gasteiger charge is -2.22. The van der Waals surface area contributed by atoms with Crippen molar-refractivity contribution >= 4 is 35.0 Å². The summed E-state index contributed by atoms with van der Waals surface area (Å²) in [7, 11) is 0. The van der Waals surface area contributed by atoms with Gasteiger partial charge in [0, 0.05) is 10.0 Å². The number of halogens is 2. The van der Waals surface area contributed by atoms with Gasteiger partial charge in [-0.05, 0) is 47.8 Å². The molecule has 4 atom stereocenters. The molecule has 2 bridgehead atoms. The van der Waals surface area contributed by atoms with Crippen LogP contribution in [0.1, 0.15) is 18.4 Å². The predicted octanol–water partition coefficient (Wildman–Crippen LogP) is 3.69. The van der Waals surface area contributed by atoms with Crippen LogP contribution in [-0.2, 0) is 16.1 Å². The normalized spacial score (nSPS) is 35.5. The minimum Gasteiger partial charge on any atom is -0.278 e. The van der Waals surface area contributed by atoms with Crippen molar-refractivity contribution in [1.29, 1.82) is 0 Å². The summed E-state index contributed by atoms with van der Waals surface area (Å²) in [5.41, 5.74) is 1.00. The van der Waals surface area contributed by atoms with Gasteiger partial charge in [-0.3, -0.25) is 14.5 Å². The summed E-state index contributed by atoms with van der Waals surface area (Å²) in [4.78, 5) is 27.2. The van der Waals surface area contributed by atoms with Crippen LogP contribution in [0.25, 0.3) is 0 Å². The maximum absolute atomic E-state index is 12.9. The monoisotopic (exact) mass is 347 g/mol. The van der Waals surface area contributed by atoms with E-state index in [9.17, 15) is 9.59 Å². The summed E-state index contributed by atoms with van der Waals surface area (Å²) in [5, 5.41) is 1.04. The summed E-state index contributed by atoms with van der Waals surface area (Å²) >= 11 is 12.1. The van der Waals surface area contributed by atoms with Gasteiger partial charge in [-0.25, -0.2) is 0 Å². The Morgan fingerprint density at radius 3 is 2.17 bits per heavy atom. The number of carbonyl (C=O) groups is 2. The highest BCUT2D eigenvalue weighted by atomic mass is 35.5. The number of nitrogens with zero attached hydrogens (tertiary/aromatic N) is 1. The number of carbonyl (C=O) groups excluding carboxylic acids is 2. The predicted molar refractivity (Wildman–Crippen MR) is 86.8 cm³/mol. The van der Waals surface area contributed by atoms with Crippen molar-refractivity contribution in [3.63, 3.8) is 0 Å². The first kappa shape index (κ1) is 14.1. The number of allylic oxidation sites excluding steroid dienone is 2. The molecule has 3 aliphatic carbocycles. The summed E-state index contributed by atoms with van der Waals surface area (Å²) < 4.78 is 0. The zero-order valence-corrected chi connectivity index (χ0v) is 13.8. The summed E-state index contributed by atoms with van der Waals surface area (Å²) in [6.07, 6.45) is 6.68. The summed E-state index contributed by atoms with van der Waals surface area (Å²) in [6.45, 7) is 0.243. The molecule has 4 aliphatic rings. The van der Waals surface area contributed by atoms with Crippen LogP contribution in [0, 0.1) is 29.1 Å². The zero-order chi connectivity index (χ0) is 15.9. The zero-order valence-electron chi connectivity index (χ0n) is 12.3. The van der Waals surface area contributed by atoms with Gasteiger partial charge >= 0.3 is 0 Å². The Labute approximate surface area is 144 Å². The third-order valence-electron chi connectivity index (χ3n) is 6.29. The number of benzene rings is 1. The van der Waals surface area contributed by atoms with Crippen LogP contribution >= 0.6 is 23.2 Å². The molecule has 2 amide bonds. The van der Waals surface area contributed by atoms with Crippen LogP contribution < -0.4 is 0 Å². The quantitative estimate of drug-likeness (QED) is 0.604. The fourth-order valence-corrected chi connectivity index (χ4v) is 5.58. The molecule has 5 heteroatoms. The molecular formula is C18H15Cl2NO2. The molecule has 3 nitrogen and oxygen atoms in total. The van der Waals surface area contributed by atoms with Gasteiger partial charge in [-0.1, -0.05) is 41.4 Å². The molecule has 0 unspecified atom stereocenters. The van der Waals surface area contributed by atoms with Gasteiger partial charge in [-0.15, -0.1) is 0 Å². The first-order chi connectivity index (χ1) is 11.0. The molecule has 1 saturated heterocycles. The molecule has 1 aliphatic heterocycles. The number of imide groups is 1. The van der Waals surface area contributed by atoms with E-state index in [2.05, 4.69) is 12.2 Å². The van der Waals surface area contributed by atoms with Gasteiger partial charge in [0.25, 0.3) is 0 Å². The van der Waals surface area contributed by atoms with E-state index in [0.717, 1.165) is 18.4 Å². The Kier molecular flexibility index (Phi) is 2.69. The highest BCUT2D eigenvalue weighted by molar-refractivity contribution is 6.35. The minimum absolute atomic E-state index is 0.0193. The molecule has 0 radical (unpaired) electrons. The van der Waals surface area contributed by atoms with E-state index in [1.54, 1.807) is 18.2 Å². The van der Waals surface area contributed by atoms with E-state index in [1.165, 1.54) is 4.90 Å². The van der Waals surface area contributed by atoms with Crippen LogP contribution in [0.2, 0.25) is 10.0 Å². The Morgan fingerprint density at radius 1 is 1.04 bits per heavy atom. The van der Waals surface area contributed by atoms with Crippen molar-refractivity contribution in [2.24, 2.45) is 29.1 Å². The molecule has 3 fully saturated rings. The second-order valence-corrected chi connectivity index (χ2v) is 8.06. The Balaban J connectivity index is 1.46. The summed E-state index contributed by atoms with van der Waals surface area (Å²) in [6, 6.07) is 5.17. The molecule has 0 N–H and O–H groups in total. The van der Waals surface area contributed by atoms with Gasteiger partial charge in [0.05, 0.1) is 18.4 Å². The van der Waals surface area contributed by atoms with Crippen LogP contribution in [0.15, 0.2) is 30.4 Å². The van der Waals surface area contributed by atoms with Crippen LogP contribution in [-0.4, -0.2) is 16.7 Å². The smallest absolute Gasteiger partial charge is 0.234 e. The number of fused-ring (bicyclic) bond motifs is 3. The molecule has 23 heavy (non-hydrogen) atoms. The van der Waals surface area contributed by atoms with Crippen molar-refractivity contribution in [3.8, 4) is 0 Å². The van der Waals surface area contributed by atoms with Crippen LogP contribution in [0.5, 0.6) is 0 Å². The van der Waals surface area contributed by atoms with Crippen LogP contribution in [0.3, 0.4) is 0 Å². The molecule has 0 aromatic heterocycles. The maximum atomic E-state index is 12.9.